The Morgan fingerprint density at radius 3 is 2.47 bits per heavy atom. The van der Waals surface area contributed by atoms with E-state index in [0.29, 0.717) is 19.4 Å². The van der Waals surface area contributed by atoms with Crippen LogP contribution in [-0.4, -0.2) is 35.0 Å². The molecular formula is C13H19NO3. The number of amides is 1. The molecule has 4 heteroatoms. The van der Waals surface area contributed by atoms with Crippen LogP contribution in [0.1, 0.15) is 26.7 Å². The lowest BCUT2D eigenvalue weighted by molar-refractivity contribution is -0.148. The molecule has 1 saturated carbocycles. The first kappa shape index (κ1) is 13.6. The summed E-state index contributed by atoms with van der Waals surface area (Å²) in [6, 6.07) is 0. The summed E-state index contributed by atoms with van der Waals surface area (Å²) >= 11 is 0. The number of terminal acetylenes is 1. The number of aliphatic carboxylic acids is 1. The van der Waals surface area contributed by atoms with Gasteiger partial charge in [-0.25, -0.2) is 0 Å². The lowest BCUT2D eigenvalue weighted by Gasteiger charge is -2.24. The smallest absolute Gasteiger partial charge is 0.307 e. The number of carboxylic acids is 1. The van der Waals surface area contributed by atoms with Crippen LogP contribution in [0.5, 0.6) is 0 Å². The normalized spacial score (nSPS) is 27.5. The van der Waals surface area contributed by atoms with Crippen molar-refractivity contribution in [1.82, 2.24) is 4.90 Å². The van der Waals surface area contributed by atoms with Gasteiger partial charge in [-0.15, -0.1) is 6.42 Å². The van der Waals surface area contributed by atoms with E-state index in [-0.39, 0.29) is 18.4 Å². The zero-order valence-electron chi connectivity index (χ0n) is 10.3. The molecule has 1 aliphatic carbocycles. The van der Waals surface area contributed by atoms with Gasteiger partial charge in [-0.05, 0) is 25.7 Å². The van der Waals surface area contributed by atoms with Crippen LogP contribution in [0, 0.1) is 30.1 Å². The molecule has 0 aromatic heterocycles. The summed E-state index contributed by atoms with van der Waals surface area (Å²) in [5.41, 5.74) is 0. The summed E-state index contributed by atoms with van der Waals surface area (Å²) in [6.45, 7) is 4.62. The quantitative estimate of drug-likeness (QED) is 0.748. The lowest BCUT2D eigenvalue weighted by atomic mass is 9.95. The number of hydrogen-bond donors (Lipinski definition) is 1. The fourth-order valence-electron chi connectivity index (χ4n) is 2.53. The van der Waals surface area contributed by atoms with Gasteiger partial charge in [0.05, 0.1) is 18.4 Å². The predicted octanol–water partition coefficient (Wildman–Crippen LogP) is 1.22. The van der Waals surface area contributed by atoms with Crippen molar-refractivity contribution in [2.45, 2.75) is 26.7 Å². The van der Waals surface area contributed by atoms with Crippen molar-refractivity contribution in [3.8, 4) is 12.3 Å². The van der Waals surface area contributed by atoms with Gasteiger partial charge in [0.2, 0.25) is 5.91 Å². The minimum atomic E-state index is -0.871. The van der Waals surface area contributed by atoms with E-state index in [9.17, 15) is 9.59 Å². The molecule has 0 bridgehead atoms. The van der Waals surface area contributed by atoms with E-state index in [1.54, 1.807) is 4.90 Å². The van der Waals surface area contributed by atoms with Crippen LogP contribution in [0.15, 0.2) is 0 Å². The Bertz CT molecular complexity index is 345. The Kier molecular flexibility index (Phi) is 4.56. The number of carbonyl (C=O) groups is 2. The monoisotopic (exact) mass is 237 g/mol. The fraction of sp³-hybridized carbons (Fsp3) is 0.692. The molecule has 1 rings (SSSR count). The first-order valence-corrected chi connectivity index (χ1v) is 5.96. The molecule has 3 atom stereocenters. The minimum absolute atomic E-state index is 0.109. The molecule has 0 heterocycles. The second-order valence-electron chi connectivity index (χ2n) is 4.68. The highest BCUT2D eigenvalue weighted by Gasteiger charge is 2.42. The summed E-state index contributed by atoms with van der Waals surface area (Å²) in [7, 11) is 0. The van der Waals surface area contributed by atoms with E-state index in [4.69, 9.17) is 11.5 Å². The minimum Gasteiger partial charge on any atom is -0.481 e. The number of nitrogens with zero attached hydrogens (tertiary/aromatic N) is 1. The van der Waals surface area contributed by atoms with Gasteiger partial charge in [-0.1, -0.05) is 12.8 Å². The van der Waals surface area contributed by atoms with Gasteiger partial charge in [0, 0.05) is 6.54 Å². The van der Waals surface area contributed by atoms with E-state index in [2.05, 4.69) is 5.92 Å². The Morgan fingerprint density at radius 1 is 1.41 bits per heavy atom. The molecule has 0 aliphatic heterocycles. The number of carbonyl (C=O) groups excluding carboxylic acids is 1. The van der Waals surface area contributed by atoms with Gasteiger partial charge in [0.1, 0.15) is 0 Å². The highest BCUT2D eigenvalue weighted by molar-refractivity contribution is 5.85. The van der Waals surface area contributed by atoms with Crippen molar-refractivity contribution >= 4 is 11.9 Å². The topological polar surface area (TPSA) is 57.6 Å². The largest absolute Gasteiger partial charge is 0.481 e. The molecule has 1 N–H and O–H groups in total. The zero-order chi connectivity index (χ0) is 13.0. The molecule has 1 fully saturated rings. The Balaban J connectivity index is 2.79. The molecule has 17 heavy (non-hydrogen) atoms. The molecule has 0 saturated heterocycles. The fourth-order valence-corrected chi connectivity index (χ4v) is 2.53. The molecule has 0 radical (unpaired) electrons. The van der Waals surface area contributed by atoms with Crippen molar-refractivity contribution in [1.29, 1.82) is 0 Å². The molecular weight excluding hydrogens is 218 g/mol. The standard InChI is InChI=1S/C13H19NO3/c1-4-6-14(5-2)12(15)10-7-9(3)8-11(10)13(16)17/h1,9-11H,5-8H2,2-3H3,(H,16,17). The highest BCUT2D eigenvalue weighted by atomic mass is 16.4. The van der Waals surface area contributed by atoms with Crippen LogP contribution in [0.3, 0.4) is 0 Å². The van der Waals surface area contributed by atoms with Gasteiger partial charge in [0.25, 0.3) is 0 Å². The van der Waals surface area contributed by atoms with Gasteiger partial charge >= 0.3 is 5.97 Å². The third-order valence-electron chi connectivity index (χ3n) is 3.41. The van der Waals surface area contributed by atoms with Crippen molar-refractivity contribution < 1.29 is 14.7 Å². The summed E-state index contributed by atoms with van der Waals surface area (Å²) in [4.78, 5) is 24.9. The van der Waals surface area contributed by atoms with Gasteiger partial charge in [-0.2, -0.15) is 0 Å². The third kappa shape index (κ3) is 3.00. The van der Waals surface area contributed by atoms with E-state index in [1.807, 2.05) is 13.8 Å². The van der Waals surface area contributed by atoms with E-state index in [1.165, 1.54) is 0 Å². The Morgan fingerprint density at radius 2 is 2.00 bits per heavy atom. The SMILES string of the molecule is C#CCN(CC)C(=O)C1CC(C)CC1C(=O)O. The Labute approximate surface area is 102 Å². The second kappa shape index (κ2) is 5.72. The molecule has 0 aromatic carbocycles. The number of rotatable bonds is 4. The van der Waals surface area contributed by atoms with Crippen molar-refractivity contribution in [3.63, 3.8) is 0 Å². The van der Waals surface area contributed by atoms with Crippen LogP contribution in [0.2, 0.25) is 0 Å². The van der Waals surface area contributed by atoms with Crippen molar-refractivity contribution in [2.24, 2.45) is 17.8 Å². The van der Waals surface area contributed by atoms with Gasteiger partial charge in [-0.3, -0.25) is 9.59 Å². The third-order valence-corrected chi connectivity index (χ3v) is 3.41. The second-order valence-corrected chi connectivity index (χ2v) is 4.68. The predicted molar refractivity (Wildman–Crippen MR) is 64.1 cm³/mol. The van der Waals surface area contributed by atoms with E-state index < -0.39 is 17.8 Å². The van der Waals surface area contributed by atoms with Crippen LogP contribution >= 0.6 is 0 Å². The van der Waals surface area contributed by atoms with Crippen molar-refractivity contribution in [2.75, 3.05) is 13.1 Å². The van der Waals surface area contributed by atoms with Gasteiger partial charge < -0.3 is 10.0 Å². The average molecular weight is 237 g/mol. The molecule has 0 aromatic rings. The van der Waals surface area contributed by atoms with Crippen LogP contribution in [0.4, 0.5) is 0 Å². The van der Waals surface area contributed by atoms with Crippen LogP contribution in [0.25, 0.3) is 0 Å². The molecule has 0 spiro atoms. The average Bonchev–Trinajstić information content (AvgIpc) is 2.67. The first-order valence-electron chi connectivity index (χ1n) is 5.96. The summed E-state index contributed by atoms with van der Waals surface area (Å²) in [5.74, 6) is 0.785. The summed E-state index contributed by atoms with van der Waals surface area (Å²) < 4.78 is 0. The van der Waals surface area contributed by atoms with Crippen LogP contribution in [-0.2, 0) is 9.59 Å². The number of hydrogen-bond acceptors (Lipinski definition) is 2. The van der Waals surface area contributed by atoms with Crippen LogP contribution < -0.4 is 0 Å². The molecule has 1 amide bonds. The first-order chi connectivity index (χ1) is 8.01. The molecule has 1 aliphatic rings. The maximum atomic E-state index is 12.2. The van der Waals surface area contributed by atoms with E-state index in [0.717, 1.165) is 0 Å². The zero-order valence-corrected chi connectivity index (χ0v) is 10.3. The van der Waals surface area contributed by atoms with Gasteiger partial charge in [0.15, 0.2) is 0 Å². The maximum Gasteiger partial charge on any atom is 0.307 e. The number of carboxylic acid groups (broad SMARTS) is 1. The molecule has 94 valence electrons. The lowest BCUT2D eigenvalue weighted by Crippen LogP contribution is -2.39. The summed E-state index contributed by atoms with van der Waals surface area (Å²) in [5, 5.41) is 9.12. The highest BCUT2D eigenvalue weighted by Crippen LogP contribution is 2.37. The van der Waals surface area contributed by atoms with Crippen molar-refractivity contribution in [3.05, 3.63) is 0 Å². The Hall–Kier alpha value is -1.50. The summed E-state index contributed by atoms with van der Waals surface area (Å²) in [6.07, 6.45) is 6.44. The molecule has 3 unspecified atom stereocenters. The van der Waals surface area contributed by atoms with E-state index >= 15 is 0 Å². The maximum absolute atomic E-state index is 12.2. The molecule has 4 nitrogen and oxygen atoms in total.